The summed E-state index contributed by atoms with van der Waals surface area (Å²) in [6.45, 7) is 6.11. The molecule has 1 aromatic heterocycles. The molecule has 2 aromatic rings. The maximum Gasteiger partial charge on any atom is 0.282 e. The summed E-state index contributed by atoms with van der Waals surface area (Å²) in [5.41, 5.74) is 2.20. The van der Waals surface area contributed by atoms with Gasteiger partial charge in [-0.15, -0.1) is 11.3 Å². The number of nitrogens with zero attached hydrogens (tertiary/aromatic N) is 2. The van der Waals surface area contributed by atoms with Crippen LogP contribution in [0.3, 0.4) is 0 Å². The molecule has 0 spiro atoms. The van der Waals surface area contributed by atoms with E-state index in [2.05, 4.69) is 25.3 Å². The first-order valence-electron chi connectivity index (χ1n) is 9.35. The average molecular weight is 391 g/mol. The number of fused-ring (bicyclic) bond motifs is 1. The van der Waals surface area contributed by atoms with E-state index in [-0.39, 0.29) is 6.04 Å². The van der Waals surface area contributed by atoms with Crippen LogP contribution in [0.1, 0.15) is 42.3 Å². The smallest absolute Gasteiger partial charge is 0.195 e. The highest BCUT2D eigenvalue weighted by molar-refractivity contribution is 7.86. The van der Waals surface area contributed by atoms with Crippen molar-refractivity contribution in [3.05, 3.63) is 57.8 Å². The minimum atomic E-state index is -3.50. The molecule has 0 aliphatic carbocycles. The molecule has 0 radical (unpaired) electrons. The molecule has 3 atom stereocenters. The lowest BCUT2D eigenvalue weighted by Crippen LogP contribution is -2.52. The third kappa shape index (κ3) is 3.24. The predicted molar refractivity (Wildman–Crippen MR) is 106 cm³/mol. The summed E-state index contributed by atoms with van der Waals surface area (Å²) in [5, 5.41) is 2.09. The lowest BCUT2D eigenvalue weighted by atomic mass is 9.94. The summed E-state index contributed by atoms with van der Waals surface area (Å²) in [4.78, 5) is 1.31. The molecule has 140 valence electrons. The van der Waals surface area contributed by atoms with Crippen molar-refractivity contribution < 1.29 is 8.42 Å². The summed E-state index contributed by atoms with van der Waals surface area (Å²) in [6, 6.07) is 11.9. The van der Waals surface area contributed by atoms with Gasteiger partial charge in [0.2, 0.25) is 0 Å². The Labute approximate surface area is 160 Å². The minimum Gasteiger partial charge on any atom is -0.195 e. The van der Waals surface area contributed by atoms with E-state index in [1.165, 1.54) is 4.88 Å². The van der Waals surface area contributed by atoms with Crippen LogP contribution in [-0.4, -0.2) is 36.7 Å². The van der Waals surface area contributed by atoms with Crippen molar-refractivity contribution in [2.75, 3.05) is 19.6 Å². The number of hydrogen-bond acceptors (Lipinski definition) is 3. The molecule has 4 nitrogen and oxygen atoms in total. The normalized spacial score (nSPS) is 28.0. The third-order valence-electron chi connectivity index (χ3n) is 5.50. The molecule has 0 unspecified atom stereocenters. The van der Waals surface area contributed by atoms with Crippen LogP contribution in [0.2, 0.25) is 0 Å². The van der Waals surface area contributed by atoms with E-state index >= 15 is 0 Å². The van der Waals surface area contributed by atoms with Gasteiger partial charge in [0.25, 0.3) is 10.2 Å². The molecular formula is C20H26N2O2S2. The summed E-state index contributed by atoms with van der Waals surface area (Å²) in [5.74, 6) is 0.815. The van der Waals surface area contributed by atoms with Gasteiger partial charge in [-0.05, 0) is 47.3 Å². The Morgan fingerprint density at radius 3 is 2.42 bits per heavy atom. The molecule has 1 saturated heterocycles. The molecule has 3 heterocycles. The molecule has 1 fully saturated rings. The molecular weight excluding hydrogens is 364 g/mol. The van der Waals surface area contributed by atoms with E-state index in [4.69, 9.17) is 0 Å². The van der Waals surface area contributed by atoms with Crippen molar-refractivity contribution in [3.8, 4) is 0 Å². The molecule has 4 rings (SSSR count). The van der Waals surface area contributed by atoms with Crippen LogP contribution in [0, 0.1) is 11.8 Å². The fourth-order valence-electron chi connectivity index (χ4n) is 4.47. The van der Waals surface area contributed by atoms with Gasteiger partial charge in [-0.3, -0.25) is 0 Å². The van der Waals surface area contributed by atoms with E-state index in [0.29, 0.717) is 31.5 Å². The SMILES string of the molecule is C[C@@H]1C[C@@H](C)CN(S(=O)(=O)N2CCc3sccc3[C@H]2c2ccccc2)C1. The Bertz CT molecular complexity index is 853. The van der Waals surface area contributed by atoms with E-state index in [9.17, 15) is 8.42 Å². The summed E-state index contributed by atoms with van der Waals surface area (Å²) in [7, 11) is -3.50. The topological polar surface area (TPSA) is 40.6 Å². The zero-order valence-corrected chi connectivity index (χ0v) is 17.0. The summed E-state index contributed by atoms with van der Waals surface area (Å²) in [6.07, 6.45) is 1.90. The van der Waals surface area contributed by atoms with Crippen molar-refractivity contribution in [3.63, 3.8) is 0 Å². The number of rotatable bonds is 3. The van der Waals surface area contributed by atoms with Crippen LogP contribution in [0.25, 0.3) is 0 Å². The van der Waals surface area contributed by atoms with Crippen LogP contribution in [0.4, 0.5) is 0 Å². The van der Waals surface area contributed by atoms with Crippen LogP contribution < -0.4 is 0 Å². The Balaban J connectivity index is 1.74. The van der Waals surface area contributed by atoms with Gasteiger partial charge in [0.15, 0.2) is 0 Å². The molecule has 0 bridgehead atoms. The van der Waals surface area contributed by atoms with E-state index in [0.717, 1.165) is 24.0 Å². The second-order valence-electron chi connectivity index (χ2n) is 7.74. The standard InChI is InChI=1S/C20H26N2O2S2/c1-15-12-16(2)14-21(13-15)26(23,24)22-10-8-19-18(9-11-25-19)20(22)17-6-4-3-5-7-17/h3-7,9,11,15-16,20H,8,10,12-14H2,1-2H3/t15-,16-,20-/m1/s1. The first kappa shape index (κ1) is 18.2. The minimum absolute atomic E-state index is 0.219. The van der Waals surface area contributed by atoms with Gasteiger partial charge in [-0.25, -0.2) is 0 Å². The first-order chi connectivity index (χ1) is 12.5. The average Bonchev–Trinajstić information content (AvgIpc) is 3.09. The fraction of sp³-hybridized carbons (Fsp3) is 0.500. The van der Waals surface area contributed by atoms with Crippen LogP contribution in [-0.2, 0) is 16.6 Å². The zero-order chi connectivity index (χ0) is 18.3. The molecule has 0 amide bonds. The predicted octanol–water partition coefficient (Wildman–Crippen LogP) is 3.92. The summed E-state index contributed by atoms with van der Waals surface area (Å²) < 4.78 is 30.7. The highest BCUT2D eigenvalue weighted by Gasteiger charge is 2.41. The number of piperidine rings is 1. The zero-order valence-electron chi connectivity index (χ0n) is 15.3. The quantitative estimate of drug-likeness (QED) is 0.797. The maximum atomic E-state index is 13.6. The van der Waals surface area contributed by atoms with Crippen LogP contribution >= 0.6 is 11.3 Å². The van der Waals surface area contributed by atoms with E-state index < -0.39 is 10.2 Å². The van der Waals surface area contributed by atoms with Crippen molar-refractivity contribution in [2.45, 2.75) is 32.7 Å². The Morgan fingerprint density at radius 1 is 1.04 bits per heavy atom. The van der Waals surface area contributed by atoms with Gasteiger partial charge in [0, 0.05) is 24.5 Å². The van der Waals surface area contributed by atoms with Crippen LogP contribution in [0.5, 0.6) is 0 Å². The van der Waals surface area contributed by atoms with Gasteiger partial charge in [0.1, 0.15) is 0 Å². The highest BCUT2D eigenvalue weighted by Crippen LogP contribution is 2.40. The molecule has 0 saturated carbocycles. The van der Waals surface area contributed by atoms with E-state index in [1.807, 2.05) is 30.3 Å². The molecule has 0 N–H and O–H groups in total. The monoisotopic (exact) mass is 390 g/mol. The van der Waals surface area contributed by atoms with Gasteiger partial charge in [0.05, 0.1) is 6.04 Å². The Hall–Kier alpha value is -1.21. The fourth-order valence-corrected chi connectivity index (χ4v) is 7.38. The molecule has 6 heteroatoms. The van der Waals surface area contributed by atoms with E-state index in [1.54, 1.807) is 19.9 Å². The first-order valence-corrected chi connectivity index (χ1v) is 11.6. The van der Waals surface area contributed by atoms with Gasteiger partial charge in [-0.2, -0.15) is 17.0 Å². The number of benzene rings is 1. The highest BCUT2D eigenvalue weighted by atomic mass is 32.2. The molecule has 2 aliphatic rings. The largest absolute Gasteiger partial charge is 0.282 e. The molecule has 2 aliphatic heterocycles. The second kappa shape index (κ2) is 7.08. The Kier molecular flexibility index (Phi) is 4.94. The van der Waals surface area contributed by atoms with Crippen molar-refractivity contribution in [1.82, 2.24) is 8.61 Å². The lowest BCUT2D eigenvalue weighted by molar-refractivity contribution is 0.202. The number of hydrogen-bond donors (Lipinski definition) is 0. The lowest BCUT2D eigenvalue weighted by Gasteiger charge is -2.41. The van der Waals surface area contributed by atoms with Crippen molar-refractivity contribution in [2.24, 2.45) is 11.8 Å². The maximum absolute atomic E-state index is 13.6. The molecule has 26 heavy (non-hydrogen) atoms. The van der Waals surface area contributed by atoms with Crippen molar-refractivity contribution >= 4 is 21.5 Å². The van der Waals surface area contributed by atoms with Crippen molar-refractivity contribution in [1.29, 1.82) is 0 Å². The second-order valence-corrected chi connectivity index (χ2v) is 10.6. The number of thiophene rings is 1. The van der Waals surface area contributed by atoms with Crippen LogP contribution in [0.15, 0.2) is 41.8 Å². The summed E-state index contributed by atoms with van der Waals surface area (Å²) >= 11 is 1.74. The molecule has 1 aromatic carbocycles. The van der Waals surface area contributed by atoms with Gasteiger partial charge >= 0.3 is 0 Å². The van der Waals surface area contributed by atoms with Gasteiger partial charge in [-0.1, -0.05) is 44.2 Å². The van der Waals surface area contributed by atoms with Gasteiger partial charge < -0.3 is 0 Å². The Morgan fingerprint density at radius 2 is 1.73 bits per heavy atom. The third-order valence-corrected chi connectivity index (χ3v) is 8.43.